The summed E-state index contributed by atoms with van der Waals surface area (Å²) in [6.45, 7) is 4.94. The summed E-state index contributed by atoms with van der Waals surface area (Å²) in [5.74, 6) is 0.153. The number of H-pyrrole nitrogens is 1. The van der Waals surface area contributed by atoms with E-state index in [0.717, 1.165) is 25.9 Å². The van der Waals surface area contributed by atoms with Gasteiger partial charge in [0.15, 0.2) is 0 Å². The number of hydrogen-bond donors (Lipinski definition) is 2. The molecule has 0 saturated carbocycles. The summed E-state index contributed by atoms with van der Waals surface area (Å²) in [5.41, 5.74) is 0. The van der Waals surface area contributed by atoms with E-state index in [1.54, 1.807) is 18.7 Å². The Hall–Kier alpha value is -1.92. The normalized spacial score (nSPS) is 16.7. The van der Waals surface area contributed by atoms with Crippen LogP contribution in [0.15, 0.2) is 0 Å². The van der Waals surface area contributed by atoms with Crippen LogP contribution >= 0.6 is 0 Å². The van der Waals surface area contributed by atoms with Crippen LogP contribution in [0.5, 0.6) is 0 Å². The molecule has 1 aromatic heterocycles. The molecule has 18 heavy (non-hydrogen) atoms. The molecule has 2 rings (SSSR count). The van der Waals surface area contributed by atoms with Gasteiger partial charge in [-0.1, -0.05) is 0 Å². The van der Waals surface area contributed by atoms with Crippen molar-refractivity contribution in [2.75, 3.05) is 13.1 Å². The molecule has 1 aliphatic rings. The molecule has 0 spiro atoms. The standard InChI is InChI=1S/C11H17N5O2/c1-7(11(18)16-5-3-4-6-16)12-10(17)9-13-8(2)14-15-9/h7H,3-6H2,1-2H3,(H,12,17)(H,13,14,15). The minimum atomic E-state index is -0.547. The van der Waals surface area contributed by atoms with Gasteiger partial charge in [-0.2, -0.15) is 0 Å². The van der Waals surface area contributed by atoms with E-state index < -0.39 is 11.9 Å². The number of carbonyl (C=O) groups is 2. The van der Waals surface area contributed by atoms with E-state index >= 15 is 0 Å². The van der Waals surface area contributed by atoms with Crippen molar-refractivity contribution < 1.29 is 9.59 Å². The molecule has 1 unspecified atom stereocenters. The van der Waals surface area contributed by atoms with Gasteiger partial charge in [-0.25, -0.2) is 4.98 Å². The van der Waals surface area contributed by atoms with Crippen molar-refractivity contribution >= 4 is 11.8 Å². The summed E-state index contributed by atoms with van der Waals surface area (Å²) in [6.07, 6.45) is 2.07. The van der Waals surface area contributed by atoms with Crippen molar-refractivity contribution in [2.24, 2.45) is 0 Å². The molecule has 1 saturated heterocycles. The number of aryl methyl sites for hydroxylation is 1. The van der Waals surface area contributed by atoms with E-state index in [0.29, 0.717) is 5.82 Å². The number of amides is 2. The molecule has 7 heteroatoms. The predicted molar refractivity (Wildman–Crippen MR) is 63.9 cm³/mol. The molecule has 2 N–H and O–H groups in total. The van der Waals surface area contributed by atoms with Gasteiger partial charge in [0, 0.05) is 13.1 Å². The molecule has 2 amide bonds. The molecule has 0 aliphatic carbocycles. The van der Waals surface area contributed by atoms with Crippen molar-refractivity contribution in [3.63, 3.8) is 0 Å². The van der Waals surface area contributed by atoms with Gasteiger partial charge in [0.05, 0.1) is 0 Å². The Morgan fingerprint density at radius 3 is 2.61 bits per heavy atom. The summed E-state index contributed by atoms with van der Waals surface area (Å²) in [4.78, 5) is 29.4. The summed E-state index contributed by atoms with van der Waals surface area (Å²) in [5, 5.41) is 8.95. The Balaban J connectivity index is 1.92. The Morgan fingerprint density at radius 1 is 1.39 bits per heavy atom. The van der Waals surface area contributed by atoms with E-state index in [1.165, 1.54) is 0 Å². The highest BCUT2D eigenvalue weighted by Gasteiger charge is 2.25. The fourth-order valence-corrected chi connectivity index (χ4v) is 1.98. The second-order valence-corrected chi connectivity index (χ2v) is 4.47. The third kappa shape index (κ3) is 2.66. The Kier molecular flexibility index (Phi) is 3.59. The zero-order valence-corrected chi connectivity index (χ0v) is 10.6. The van der Waals surface area contributed by atoms with Crippen LogP contribution in [0.25, 0.3) is 0 Å². The van der Waals surface area contributed by atoms with Gasteiger partial charge in [0.1, 0.15) is 11.9 Å². The Bertz CT molecular complexity index is 450. The van der Waals surface area contributed by atoms with Crippen LogP contribution in [0.3, 0.4) is 0 Å². The first kappa shape index (κ1) is 12.5. The van der Waals surface area contributed by atoms with Crippen molar-refractivity contribution in [1.29, 1.82) is 0 Å². The van der Waals surface area contributed by atoms with Crippen LogP contribution in [0.2, 0.25) is 0 Å². The van der Waals surface area contributed by atoms with Crippen molar-refractivity contribution in [1.82, 2.24) is 25.4 Å². The van der Waals surface area contributed by atoms with Gasteiger partial charge in [-0.05, 0) is 26.7 Å². The molecule has 0 radical (unpaired) electrons. The van der Waals surface area contributed by atoms with E-state index in [2.05, 4.69) is 20.5 Å². The highest BCUT2D eigenvalue weighted by molar-refractivity contribution is 5.94. The topological polar surface area (TPSA) is 91.0 Å². The van der Waals surface area contributed by atoms with Gasteiger partial charge >= 0.3 is 0 Å². The Morgan fingerprint density at radius 2 is 2.06 bits per heavy atom. The molecule has 0 bridgehead atoms. The van der Waals surface area contributed by atoms with Gasteiger partial charge in [-0.15, -0.1) is 5.10 Å². The average Bonchev–Trinajstić information content (AvgIpc) is 2.98. The molecule has 1 fully saturated rings. The minimum absolute atomic E-state index is 0.0480. The summed E-state index contributed by atoms with van der Waals surface area (Å²) >= 11 is 0. The lowest BCUT2D eigenvalue weighted by Gasteiger charge is -2.20. The number of carbonyl (C=O) groups excluding carboxylic acids is 2. The predicted octanol–water partition coefficient (Wildman–Crippen LogP) is -0.146. The zero-order chi connectivity index (χ0) is 13.1. The fourth-order valence-electron chi connectivity index (χ4n) is 1.98. The summed E-state index contributed by atoms with van der Waals surface area (Å²) < 4.78 is 0. The molecular formula is C11H17N5O2. The minimum Gasteiger partial charge on any atom is -0.341 e. The van der Waals surface area contributed by atoms with Gasteiger partial charge in [0.25, 0.3) is 5.91 Å². The lowest BCUT2D eigenvalue weighted by atomic mass is 10.3. The molecule has 2 heterocycles. The van der Waals surface area contributed by atoms with Crippen molar-refractivity contribution in [3.8, 4) is 0 Å². The number of nitrogens with one attached hydrogen (secondary N) is 2. The maximum absolute atomic E-state index is 12.0. The van der Waals surface area contributed by atoms with Crippen LogP contribution in [0, 0.1) is 6.92 Å². The van der Waals surface area contributed by atoms with Crippen LogP contribution in [0.1, 0.15) is 36.2 Å². The summed E-state index contributed by atoms with van der Waals surface area (Å²) in [6, 6.07) is -0.547. The number of aromatic amines is 1. The monoisotopic (exact) mass is 251 g/mol. The number of hydrogen-bond acceptors (Lipinski definition) is 4. The van der Waals surface area contributed by atoms with E-state index in [9.17, 15) is 9.59 Å². The maximum Gasteiger partial charge on any atom is 0.291 e. The third-order valence-corrected chi connectivity index (χ3v) is 2.94. The second kappa shape index (κ2) is 5.16. The molecule has 98 valence electrons. The molecule has 0 aromatic carbocycles. The van der Waals surface area contributed by atoms with E-state index in [4.69, 9.17) is 0 Å². The van der Waals surface area contributed by atoms with E-state index in [1.807, 2.05) is 0 Å². The first-order valence-corrected chi connectivity index (χ1v) is 6.06. The second-order valence-electron chi connectivity index (χ2n) is 4.47. The van der Waals surface area contributed by atoms with Gasteiger partial charge in [-0.3, -0.25) is 14.7 Å². The Labute approximate surface area is 105 Å². The average molecular weight is 251 g/mol. The van der Waals surface area contributed by atoms with Crippen molar-refractivity contribution in [3.05, 3.63) is 11.6 Å². The van der Waals surface area contributed by atoms with Crippen LogP contribution < -0.4 is 5.32 Å². The third-order valence-electron chi connectivity index (χ3n) is 2.94. The van der Waals surface area contributed by atoms with Crippen LogP contribution in [0.4, 0.5) is 0 Å². The van der Waals surface area contributed by atoms with Crippen molar-refractivity contribution in [2.45, 2.75) is 32.7 Å². The maximum atomic E-state index is 12.0. The van der Waals surface area contributed by atoms with Crippen LogP contribution in [-0.2, 0) is 4.79 Å². The molecule has 1 atom stereocenters. The number of nitrogens with zero attached hydrogens (tertiary/aromatic N) is 3. The lowest BCUT2D eigenvalue weighted by Crippen LogP contribution is -2.46. The fraction of sp³-hybridized carbons (Fsp3) is 0.636. The number of aromatic nitrogens is 3. The lowest BCUT2D eigenvalue weighted by molar-refractivity contribution is -0.131. The first-order valence-electron chi connectivity index (χ1n) is 6.06. The molecule has 1 aliphatic heterocycles. The number of likely N-dealkylation sites (tertiary alicyclic amines) is 1. The molecule has 1 aromatic rings. The first-order chi connectivity index (χ1) is 8.58. The SMILES string of the molecule is Cc1nc(C(=O)NC(C)C(=O)N2CCCC2)n[nH]1. The van der Waals surface area contributed by atoms with E-state index in [-0.39, 0.29) is 11.7 Å². The quantitative estimate of drug-likeness (QED) is 0.782. The summed E-state index contributed by atoms with van der Waals surface area (Å²) in [7, 11) is 0. The van der Waals surface area contributed by atoms with Gasteiger partial charge in [0.2, 0.25) is 11.7 Å². The zero-order valence-electron chi connectivity index (χ0n) is 10.6. The smallest absolute Gasteiger partial charge is 0.291 e. The molecular weight excluding hydrogens is 234 g/mol. The highest BCUT2D eigenvalue weighted by atomic mass is 16.2. The largest absolute Gasteiger partial charge is 0.341 e. The number of rotatable bonds is 3. The highest BCUT2D eigenvalue weighted by Crippen LogP contribution is 2.09. The van der Waals surface area contributed by atoms with Gasteiger partial charge < -0.3 is 10.2 Å². The molecule has 7 nitrogen and oxygen atoms in total. The van der Waals surface area contributed by atoms with Crippen LogP contribution in [-0.4, -0.2) is 51.0 Å².